The molecule has 2 atom stereocenters. The van der Waals surface area contributed by atoms with Crippen LogP contribution in [0.3, 0.4) is 0 Å². The van der Waals surface area contributed by atoms with Gasteiger partial charge in [-0.1, -0.05) is 73.7 Å². The lowest BCUT2D eigenvalue weighted by Crippen LogP contribution is -2.39. The number of nitrogens with zero attached hydrogens (tertiary/aromatic N) is 1. The predicted octanol–water partition coefficient (Wildman–Crippen LogP) is 7.51. The van der Waals surface area contributed by atoms with Crippen molar-refractivity contribution in [2.45, 2.75) is 85.0 Å². The van der Waals surface area contributed by atoms with Crippen molar-refractivity contribution in [3.8, 4) is 5.75 Å². The summed E-state index contributed by atoms with van der Waals surface area (Å²) in [6.07, 6.45) is 2.49. The fraction of sp³-hybridized carbons (Fsp3) is 0.455. The van der Waals surface area contributed by atoms with Crippen LogP contribution in [0.4, 0.5) is 0 Å². The van der Waals surface area contributed by atoms with Crippen LogP contribution in [0.15, 0.2) is 72.8 Å². The summed E-state index contributed by atoms with van der Waals surface area (Å²) in [5.41, 5.74) is 5.80. The van der Waals surface area contributed by atoms with Crippen LogP contribution in [0.25, 0.3) is 0 Å². The summed E-state index contributed by atoms with van der Waals surface area (Å²) in [6.45, 7) is 14.1. The normalized spacial score (nSPS) is 13.7. The Hall–Kier alpha value is -2.67. The van der Waals surface area contributed by atoms with Crippen molar-refractivity contribution in [3.63, 3.8) is 0 Å². The highest BCUT2D eigenvalue weighted by Crippen LogP contribution is 2.37. The lowest BCUT2D eigenvalue weighted by molar-refractivity contribution is 0.123. The summed E-state index contributed by atoms with van der Waals surface area (Å²) >= 11 is 0. The van der Waals surface area contributed by atoms with Gasteiger partial charge in [0.2, 0.25) is 0 Å². The molecule has 0 amide bonds. The number of hydrogen-bond acceptors (Lipinski definition) is 5. The van der Waals surface area contributed by atoms with Gasteiger partial charge in [-0.2, -0.15) is 8.42 Å². The van der Waals surface area contributed by atoms with Gasteiger partial charge in [-0.3, -0.25) is 9.08 Å². The number of benzene rings is 3. The molecule has 1 unspecified atom stereocenters. The Kier molecular flexibility index (Phi) is 11.2. The molecule has 0 spiro atoms. The second-order valence-electron chi connectivity index (χ2n) is 10.9. The van der Waals surface area contributed by atoms with Crippen LogP contribution >= 0.6 is 0 Å². The second kappa shape index (κ2) is 14.1. The highest BCUT2D eigenvalue weighted by atomic mass is 32.2. The van der Waals surface area contributed by atoms with E-state index in [9.17, 15) is 8.42 Å². The van der Waals surface area contributed by atoms with Gasteiger partial charge >= 0.3 is 0 Å². The Morgan fingerprint density at radius 1 is 0.795 bits per heavy atom. The van der Waals surface area contributed by atoms with E-state index < -0.39 is 10.1 Å². The van der Waals surface area contributed by atoms with Crippen LogP contribution in [0, 0.1) is 0 Å². The van der Waals surface area contributed by atoms with Crippen LogP contribution in [0.2, 0.25) is 0 Å². The molecule has 0 aromatic heterocycles. The second-order valence-corrected chi connectivity index (χ2v) is 12.5. The Morgan fingerprint density at radius 2 is 1.46 bits per heavy atom. The molecule has 0 saturated carbocycles. The Morgan fingerprint density at radius 3 is 2.08 bits per heavy atom. The summed E-state index contributed by atoms with van der Waals surface area (Å²) in [6, 6.07) is 26.5. The van der Waals surface area contributed by atoms with Crippen molar-refractivity contribution in [2.75, 3.05) is 12.9 Å². The first kappa shape index (κ1) is 30.9. The van der Waals surface area contributed by atoms with Gasteiger partial charge in [0.1, 0.15) is 12.4 Å². The van der Waals surface area contributed by atoms with E-state index >= 15 is 0 Å². The largest absolute Gasteiger partial charge is 0.489 e. The van der Waals surface area contributed by atoms with Gasteiger partial charge < -0.3 is 4.74 Å². The summed E-state index contributed by atoms with van der Waals surface area (Å²) in [5.74, 6) is 0.980. The standard InChI is InChI=1S/C33H45NO4S/c1-8-31(30-16-12-15-29(22-30)26(6)34(24(2)3)25(4)5)32-21-27(19-20-38-39(7,35)36)17-18-33(32)37-23-28-13-10-9-11-14-28/h9-18,21-22,24-26,31H,8,19-20,23H2,1-7H3/t26?,31-/m1/s1. The van der Waals surface area contributed by atoms with Crippen molar-refractivity contribution in [2.24, 2.45) is 0 Å². The lowest BCUT2D eigenvalue weighted by atomic mass is 9.86. The summed E-state index contributed by atoms with van der Waals surface area (Å²) in [4.78, 5) is 2.54. The quantitative estimate of drug-likeness (QED) is 0.194. The third kappa shape index (κ3) is 8.92. The van der Waals surface area contributed by atoms with E-state index in [0.29, 0.717) is 25.1 Å². The molecule has 6 heteroatoms. The van der Waals surface area contributed by atoms with Crippen molar-refractivity contribution in [1.82, 2.24) is 4.90 Å². The maximum absolute atomic E-state index is 11.5. The van der Waals surface area contributed by atoms with Crippen molar-refractivity contribution in [1.29, 1.82) is 0 Å². The van der Waals surface area contributed by atoms with Crippen LogP contribution in [-0.4, -0.2) is 38.3 Å². The molecule has 39 heavy (non-hydrogen) atoms. The number of hydrogen-bond donors (Lipinski definition) is 0. The van der Waals surface area contributed by atoms with E-state index in [1.807, 2.05) is 30.3 Å². The van der Waals surface area contributed by atoms with E-state index in [1.165, 1.54) is 11.1 Å². The van der Waals surface area contributed by atoms with Gasteiger partial charge in [0.15, 0.2) is 0 Å². The predicted molar refractivity (Wildman–Crippen MR) is 161 cm³/mol. The molecule has 5 nitrogen and oxygen atoms in total. The minimum Gasteiger partial charge on any atom is -0.489 e. The highest BCUT2D eigenvalue weighted by molar-refractivity contribution is 7.85. The minimum atomic E-state index is -3.48. The molecule has 0 heterocycles. The smallest absolute Gasteiger partial charge is 0.264 e. The van der Waals surface area contributed by atoms with E-state index in [1.54, 1.807) is 0 Å². The Bertz CT molecular complexity index is 1280. The zero-order valence-electron chi connectivity index (χ0n) is 24.6. The first-order valence-electron chi connectivity index (χ1n) is 14.0. The number of ether oxygens (including phenoxy) is 1. The van der Waals surface area contributed by atoms with Gasteiger partial charge in [0.05, 0.1) is 12.9 Å². The van der Waals surface area contributed by atoms with Gasteiger partial charge in [0.25, 0.3) is 10.1 Å². The Labute approximate surface area is 236 Å². The topological polar surface area (TPSA) is 55.8 Å². The molecule has 3 aromatic carbocycles. The van der Waals surface area contributed by atoms with Crippen molar-refractivity contribution >= 4 is 10.1 Å². The zero-order valence-corrected chi connectivity index (χ0v) is 25.4. The molecule has 0 radical (unpaired) electrons. The SMILES string of the molecule is CC[C@H](c1cccc(C(C)N(C(C)C)C(C)C)c1)c1cc(CCOS(C)(=O)=O)ccc1OCc1ccccc1. The molecule has 212 valence electrons. The van der Waals surface area contributed by atoms with Crippen LogP contribution in [0.1, 0.15) is 87.7 Å². The Balaban J connectivity index is 1.97. The molecule has 0 bridgehead atoms. The van der Waals surface area contributed by atoms with Crippen LogP contribution in [0.5, 0.6) is 5.75 Å². The monoisotopic (exact) mass is 551 g/mol. The van der Waals surface area contributed by atoms with Crippen molar-refractivity contribution in [3.05, 3.63) is 101 Å². The average Bonchev–Trinajstić information content (AvgIpc) is 2.88. The molecule has 0 aliphatic carbocycles. The molecule has 0 fully saturated rings. The molecular formula is C33H45NO4S. The third-order valence-corrected chi connectivity index (χ3v) is 7.81. The molecule has 3 rings (SSSR count). The van der Waals surface area contributed by atoms with Gasteiger partial charge in [-0.05, 0) is 75.8 Å². The van der Waals surface area contributed by atoms with E-state index in [4.69, 9.17) is 8.92 Å². The highest BCUT2D eigenvalue weighted by Gasteiger charge is 2.24. The van der Waals surface area contributed by atoms with Gasteiger partial charge in [-0.25, -0.2) is 0 Å². The first-order chi connectivity index (χ1) is 18.5. The number of rotatable bonds is 14. The fourth-order valence-electron chi connectivity index (χ4n) is 5.54. The molecule has 0 saturated heterocycles. The molecule has 0 N–H and O–H groups in total. The molecule has 0 aliphatic heterocycles. The maximum atomic E-state index is 11.5. The van der Waals surface area contributed by atoms with E-state index in [2.05, 4.69) is 88.9 Å². The lowest BCUT2D eigenvalue weighted by Gasteiger charge is -2.37. The van der Waals surface area contributed by atoms with Crippen LogP contribution in [-0.2, 0) is 27.3 Å². The molecule has 0 aliphatic rings. The fourth-order valence-corrected chi connectivity index (χ4v) is 5.92. The third-order valence-electron chi connectivity index (χ3n) is 7.22. The molecular weight excluding hydrogens is 506 g/mol. The summed E-state index contributed by atoms with van der Waals surface area (Å²) in [5, 5.41) is 0. The van der Waals surface area contributed by atoms with E-state index in [0.717, 1.165) is 35.1 Å². The average molecular weight is 552 g/mol. The van der Waals surface area contributed by atoms with Crippen molar-refractivity contribution < 1.29 is 17.3 Å². The zero-order chi connectivity index (χ0) is 28.6. The minimum absolute atomic E-state index is 0.118. The van der Waals surface area contributed by atoms with Crippen LogP contribution < -0.4 is 4.74 Å². The first-order valence-corrected chi connectivity index (χ1v) is 15.8. The summed E-state index contributed by atoms with van der Waals surface area (Å²) < 4.78 is 34.4. The van der Waals surface area contributed by atoms with E-state index in [-0.39, 0.29) is 18.6 Å². The summed E-state index contributed by atoms with van der Waals surface area (Å²) in [7, 11) is -3.48. The molecule has 3 aromatic rings. The van der Waals surface area contributed by atoms with Gasteiger partial charge in [0, 0.05) is 29.6 Å². The van der Waals surface area contributed by atoms with Gasteiger partial charge in [-0.15, -0.1) is 0 Å². The maximum Gasteiger partial charge on any atom is 0.264 e.